The highest BCUT2D eigenvalue weighted by molar-refractivity contribution is 5.34. The quantitative estimate of drug-likeness (QED) is 0.0450. The third-order valence-electron chi connectivity index (χ3n) is 20.6. The van der Waals surface area contributed by atoms with Gasteiger partial charge in [-0.05, 0) is 155 Å². The number of unbranched alkanes of at least 4 members (excludes halogenated alkanes) is 26. The van der Waals surface area contributed by atoms with Gasteiger partial charge in [0.05, 0.1) is 0 Å². The summed E-state index contributed by atoms with van der Waals surface area (Å²) in [7, 11) is 0. The van der Waals surface area contributed by atoms with Crippen molar-refractivity contribution in [1.29, 1.82) is 0 Å². The fraction of sp³-hybridized carbons (Fsp3) is 0.800. The van der Waals surface area contributed by atoms with Crippen LogP contribution in [0.3, 0.4) is 0 Å². The largest absolute Gasteiger partial charge is 0.103 e. The number of hydrogen-bond acceptors (Lipinski definition) is 0. The zero-order chi connectivity index (χ0) is 58.1. The summed E-state index contributed by atoms with van der Waals surface area (Å²) < 4.78 is 0. The summed E-state index contributed by atoms with van der Waals surface area (Å²) in [5, 5.41) is 0. The minimum absolute atomic E-state index is 0.530. The zero-order valence-electron chi connectivity index (χ0n) is 55.5. The maximum Gasteiger partial charge on any atom is 0.00536 e. The molecule has 8 atom stereocenters. The van der Waals surface area contributed by atoms with Gasteiger partial charge in [0.25, 0.3) is 0 Å². The highest BCUT2D eigenvalue weighted by Gasteiger charge is 2.32. The molecule has 0 saturated heterocycles. The average molecular weight is 1100 g/mol. The fourth-order valence-corrected chi connectivity index (χ4v) is 14.9. The molecule has 0 bridgehead atoms. The molecule has 0 aromatic heterocycles. The van der Waals surface area contributed by atoms with Crippen LogP contribution in [0.1, 0.15) is 362 Å². The second-order valence-corrected chi connectivity index (χ2v) is 28.0. The Morgan fingerprint density at radius 3 is 1.38 bits per heavy atom. The Hall–Kier alpha value is -2.08. The van der Waals surface area contributed by atoms with Crippen LogP contribution in [0.4, 0.5) is 0 Å². The van der Waals surface area contributed by atoms with E-state index in [1.54, 1.807) is 5.56 Å². The minimum Gasteiger partial charge on any atom is -0.103 e. The van der Waals surface area contributed by atoms with Gasteiger partial charge in [0.15, 0.2) is 0 Å². The van der Waals surface area contributed by atoms with Crippen LogP contribution in [-0.4, -0.2) is 0 Å². The van der Waals surface area contributed by atoms with Crippen LogP contribution in [0.2, 0.25) is 0 Å². The van der Waals surface area contributed by atoms with Crippen molar-refractivity contribution >= 4 is 0 Å². The molecule has 1 aliphatic rings. The summed E-state index contributed by atoms with van der Waals surface area (Å²) in [6, 6.07) is 12.2. The van der Waals surface area contributed by atoms with Crippen LogP contribution in [0.25, 0.3) is 0 Å². The van der Waals surface area contributed by atoms with E-state index in [9.17, 15) is 0 Å². The monoisotopic (exact) mass is 1100 g/mol. The Kier molecular flexibility index (Phi) is 47.5. The van der Waals surface area contributed by atoms with Crippen molar-refractivity contribution in [3.05, 3.63) is 97.7 Å². The first-order chi connectivity index (χ1) is 39.1. The van der Waals surface area contributed by atoms with Crippen LogP contribution in [-0.2, 0) is 0 Å². The number of allylic oxidation sites excluding steroid dienone is 6. The van der Waals surface area contributed by atoms with E-state index in [0.717, 1.165) is 54.3 Å². The fourth-order valence-electron chi connectivity index (χ4n) is 14.9. The summed E-state index contributed by atoms with van der Waals surface area (Å²) in [5.74, 6) is 7.53. The maximum absolute atomic E-state index is 4.06. The highest BCUT2D eigenvalue weighted by atomic mass is 14.4. The summed E-state index contributed by atoms with van der Waals surface area (Å²) in [4.78, 5) is 0. The van der Waals surface area contributed by atoms with E-state index in [4.69, 9.17) is 0 Å². The number of hydrogen-bond donors (Lipinski definition) is 0. The van der Waals surface area contributed by atoms with Crippen molar-refractivity contribution in [2.45, 2.75) is 356 Å². The van der Waals surface area contributed by atoms with Gasteiger partial charge in [0.2, 0.25) is 0 Å². The van der Waals surface area contributed by atoms with Crippen LogP contribution in [0, 0.1) is 53.3 Å². The second-order valence-electron chi connectivity index (χ2n) is 28.0. The van der Waals surface area contributed by atoms with Gasteiger partial charge in [-0.1, -0.05) is 320 Å². The first kappa shape index (κ1) is 74.0. The molecule has 1 aromatic carbocycles. The molecule has 0 amide bonds. The molecule has 462 valence electrons. The predicted molar refractivity (Wildman–Crippen MR) is 365 cm³/mol. The lowest BCUT2D eigenvalue weighted by atomic mass is 9.68. The lowest BCUT2D eigenvalue weighted by Crippen LogP contribution is -2.26. The van der Waals surface area contributed by atoms with Crippen molar-refractivity contribution < 1.29 is 0 Å². The van der Waals surface area contributed by atoms with Gasteiger partial charge in [-0.15, -0.1) is 26.3 Å². The molecule has 2 rings (SSSR count). The third kappa shape index (κ3) is 36.6. The Labute approximate surface area is 504 Å². The summed E-state index contributed by atoms with van der Waals surface area (Å²) in [6.07, 6.45) is 73.4. The standard InChI is InChI=1S/C80H142/c1-12-16-20-24-26-27-28-29-30-31-32-33-34-36-38-44-55-69(7)66-77(64-53-63-75(57-46-37-22-18-14-3)74-58-47-41-48-59-74)80(79(76-60-49-42-50-61-76)65-52-39-35-25-21-17-13-2)78(62-51-40-43-54-68(5)6)67-71(9)73(11)72(10)70(8)56-45-23-19-15-4/h12-15,42,49-50,60-61,68-75,78-79H,1-4,16-41,43-48,51-59,62-67H2,5-11H3. The SMILES string of the molecule is C=CCCCCCCCCCCCCCCCCC(C)CC(CCCC(CCCCCC=C)C1CCCCC1)=C(C(CCCCCC(C)C)CC(C)C(C)C(C)C(C)CCCCC=C)C(CCCCCCCC=C)c1ccccc1. The molecule has 0 heteroatoms. The van der Waals surface area contributed by atoms with Crippen molar-refractivity contribution in [3.8, 4) is 0 Å². The van der Waals surface area contributed by atoms with E-state index in [0.29, 0.717) is 17.8 Å². The van der Waals surface area contributed by atoms with Gasteiger partial charge in [0.1, 0.15) is 0 Å². The topological polar surface area (TPSA) is 0 Å². The van der Waals surface area contributed by atoms with Crippen molar-refractivity contribution in [2.75, 3.05) is 0 Å². The second kappa shape index (κ2) is 51.3. The zero-order valence-corrected chi connectivity index (χ0v) is 55.5. The van der Waals surface area contributed by atoms with Gasteiger partial charge in [-0.3, -0.25) is 0 Å². The van der Waals surface area contributed by atoms with Crippen LogP contribution < -0.4 is 0 Å². The molecular weight excluding hydrogens is 961 g/mol. The predicted octanol–water partition coefficient (Wildman–Crippen LogP) is 27.8. The van der Waals surface area contributed by atoms with E-state index in [1.165, 1.54) is 289 Å². The van der Waals surface area contributed by atoms with E-state index in [1.807, 2.05) is 11.1 Å². The van der Waals surface area contributed by atoms with E-state index in [-0.39, 0.29) is 0 Å². The Bertz CT molecular complexity index is 1580. The van der Waals surface area contributed by atoms with Crippen molar-refractivity contribution in [2.24, 2.45) is 53.3 Å². The summed E-state index contributed by atoms with van der Waals surface area (Å²) in [6.45, 7) is 34.2. The van der Waals surface area contributed by atoms with Crippen LogP contribution >= 0.6 is 0 Å². The lowest BCUT2D eigenvalue weighted by molar-refractivity contribution is 0.180. The molecule has 1 aliphatic carbocycles. The minimum atomic E-state index is 0.530. The summed E-state index contributed by atoms with van der Waals surface area (Å²) in [5.41, 5.74) is 5.56. The molecule has 1 saturated carbocycles. The van der Waals surface area contributed by atoms with Gasteiger partial charge in [-0.25, -0.2) is 0 Å². The first-order valence-electron chi connectivity index (χ1n) is 36.3. The van der Waals surface area contributed by atoms with E-state index in [2.05, 4.69) is 129 Å². The smallest absolute Gasteiger partial charge is 0.00536 e. The van der Waals surface area contributed by atoms with Gasteiger partial charge in [0, 0.05) is 5.92 Å². The van der Waals surface area contributed by atoms with E-state index >= 15 is 0 Å². The van der Waals surface area contributed by atoms with E-state index < -0.39 is 0 Å². The Morgan fingerprint density at radius 2 is 0.838 bits per heavy atom. The Morgan fingerprint density at radius 1 is 0.425 bits per heavy atom. The normalized spacial score (nSPS) is 16.6. The maximum atomic E-state index is 4.06. The lowest BCUT2D eigenvalue weighted by Gasteiger charge is -2.37. The summed E-state index contributed by atoms with van der Waals surface area (Å²) >= 11 is 0. The van der Waals surface area contributed by atoms with Crippen molar-refractivity contribution in [1.82, 2.24) is 0 Å². The molecule has 0 spiro atoms. The molecular formula is C80H142. The molecule has 8 unspecified atom stereocenters. The first-order valence-corrected chi connectivity index (χ1v) is 36.3. The number of benzene rings is 1. The molecule has 0 aliphatic heterocycles. The van der Waals surface area contributed by atoms with Crippen LogP contribution in [0.15, 0.2) is 92.1 Å². The van der Waals surface area contributed by atoms with Crippen molar-refractivity contribution in [3.63, 3.8) is 0 Å². The van der Waals surface area contributed by atoms with Gasteiger partial charge in [-0.2, -0.15) is 0 Å². The van der Waals surface area contributed by atoms with Gasteiger partial charge < -0.3 is 0 Å². The molecule has 0 N–H and O–H groups in total. The van der Waals surface area contributed by atoms with Gasteiger partial charge >= 0.3 is 0 Å². The molecule has 0 radical (unpaired) electrons. The molecule has 1 aromatic rings. The number of rotatable bonds is 57. The molecule has 0 heterocycles. The molecule has 0 nitrogen and oxygen atoms in total. The molecule has 1 fully saturated rings. The average Bonchev–Trinajstić information content (AvgIpc) is 3.51. The highest BCUT2D eigenvalue weighted by Crippen LogP contribution is 2.46. The third-order valence-corrected chi connectivity index (χ3v) is 20.6. The Balaban J connectivity index is 2.60. The van der Waals surface area contributed by atoms with Crippen LogP contribution in [0.5, 0.6) is 0 Å². The molecule has 80 heavy (non-hydrogen) atoms.